The van der Waals surface area contributed by atoms with Gasteiger partial charge in [-0.2, -0.15) is 0 Å². The number of pyridine rings is 4. The number of nitrogens with zero attached hydrogens (tertiary/aromatic N) is 4. The molecule has 0 saturated heterocycles. The Morgan fingerprint density at radius 3 is 0.707 bits per heavy atom. The van der Waals surface area contributed by atoms with E-state index in [9.17, 15) is 0 Å². The van der Waals surface area contributed by atoms with E-state index in [4.69, 9.17) is 38.9 Å². The van der Waals surface area contributed by atoms with Gasteiger partial charge in [0.15, 0.2) is 23.0 Å². The van der Waals surface area contributed by atoms with Crippen molar-refractivity contribution in [1.82, 2.24) is 29.9 Å². The molecule has 2 aromatic carbocycles. The lowest BCUT2D eigenvalue weighted by Gasteiger charge is -2.20. The number of rotatable bonds is 32. The highest BCUT2D eigenvalue weighted by Gasteiger charge is 2.24. The average molecular weight is 1110 g/mol. The zero-order valence-corrected chi connectivity index (χ0v) is 52.1. The molecular weight excluding hydrogens is 1010 g/mol. The molecule has 4 unspecified atom stereocenters. The second kappa shape index (κ2) is 28.4. The number of hydrogen-bond acceptors (Lipinski definition) is 8. The van der Waals surface area contributed by atoms with Crippen LogP contribution in [0.5, 0.6) is 23.0 Å². The van der Waals surface area contributed by atoms with E-state index in [2.05, 4.69) is 166 Å². The van der Waals surface area contributed by atoms with Crippen molar-refractivity contribution < 1.29 is 18.9 Å². The number of fused-ring (bicyclic) bond motifs is 12. The minimum Gasteiger partial charge on any atom is -0.489 e. The predicted octanol–water partition coefficient (Wildman–Crippen LogP) is 20.6. The zero-order chi connectivity index (χ0) is 57.9. The van der Waals surface area contributed by atoms with Crippen molar-refractivity contribution in [2.75, 3.05) is 26.4 Å². The van der Waals surface area contributed by atoms with Crippen LogP contribution in [0.4, 0.5) is 0 Å². The number of H-pyrrole nitrogens is 2. The molecule has 0 aliphatic carbocycles. The summed E-state index contributed by atoms with van der Waals surface area (Å²) in [5.74, 6) is 7.99. The van der Waals surface area contributed by atoms with Crippen LogP contribution in [0.2, 0.25) is 0 Å². The summed E-state index contributed by atoms with van der Waals surface area (Å²) in [6.07, 6.45) is 18.5. The highest BCUT2D eigenvalue weighted by Crippen LogP contribution is 2.46. The first-order valence-electron chi connectivity index (χ1n) is 32.1. The van der Waals surface area contributed by atoms with Gasteiger partial charge in [0.05, 0.1) is 70.6 Å². The number of aromatic amines is 2. The molecular formula is C72H98N6O4. The first-order chi connectivity index (χ1) is 39.6. The van der Waals surface area contributed by atoms with Crippen LogP contribution in [0.15, 0.2) is 72.8 Å². The van der Waals surface area contributed by atoms with Crippen molar-refractivity contribution in [3.05, 3.63) is 72.8 Å². The van der Waals surface area contributed by atoms with Gasteiger partial charge < -0.3 is 28.9 Å². The highest BCUT2D eigenvalue weighted by atomic mass is 16.5. The Kier molecular flexibility index (Phi) is 20.9. The van der Waals surface area contributed by atoms with Crippen molar-refractivity contribution in [2.24, 2.45) is 47.3 Å². The lowest BCUT2D eigenvalue weighted by Crippen LogP contribution is -2.09. The Bertz CT molecular complexity index is 3110. The van der Waals surface area contributed by atoms with E-state index in [0.717, 1.165) is 136 Å². The van der Waals surface area contributed by atoms with E-state index < -0.39 is 0 Å². The number of hydrogen-bond donors (Lipinski definition) is 2. The van der Waals surface area contributed by atoms with Crippen molar-refractivity contribution in [3.8, 4) is 23.0 Å². The van der Waals surface area contributed by atoms with Gasteiger partial charge in [-0.05, 0) is 146 Å². The van der Waals surface area contributed by atoms with Gasteiger partial charge in [0.2, 0.25) is 0 Å². The summed E-state index contributed by atoms with van der Waals surface area (Å²) in [6.45, 7) is 30.3. The standard InChI is InChI=1S/C72H98N6O4/c1-45(2)17-13-21-49(9)37-41-79-69-53-25-29-61-57-33-34-59(73-57)63-31-27-55-67(77-63)68-56(72(82-44-40-52(12)24-16-20-48(7)8)71(55)81-43-39-51(11)23-15-19-47(5)6)28-32-64(78-68)60-36-35-58(74-60)62-30-26-54(66(76-62)65(53)75-61)70(69)80-42-38-50(10)22-14-18-46(3)4/h25-36,45-52,73-74H,13-24,37-44H2,1-12H3. The maximum Gasteiger partial charge on any atom is 0.171 e. The molecule has 10 nitrogen and oxygen atoms in total. The molecule has 82 heavy (non-hydrogen) atoms. The van der Waals surface area contributed by atoms with E-state index in [1.807, 2.05) is 0 Å². The maximum absolute atomic E-state index is 6.98. The molecule has 9 rings (SSSR count). The van der Waals surface area contributed by atoms with Crippen molar-refractivity contribution in [1.29, 1.82) is 0 Å². The van der Waals surface area contributed by atoms with Gasteiger partial charge in [-0.25, -0.2) is 19.9 Å². The monoisotopic (exact) mass is 1110 g/mol. The van der Waals surface area contributed by atoms with E-state index in [1.54, 1.807) is 0 Å². The van der Waals surface area contributed by atoms with E-state index in [0.29, 0.717) is 73.8 Å². The highest BCUT2D eigenvalue weighted by molar-refractivity contribution is 6.14. The third-order valence-corrected chi connectivity index (χ3v) is 17.2. The molecule has 2 N–H and O–H groups in total. The molecule has 440 valence electrons. The largest absolute Gasteiger partial charge is 0.489 e. The molecule has 9 aromatic rings. The summed E-state index contributed by atoms with van der Waals surface area (Å²) in [5, 5.41) is 3.56. The number of aromatic nitrogens is 6. The molecule has 0 aliphatic heterocycles. The van der Waals surface area contributed by atoms with Gasteiger partial charge >= 0.3 is 0 Å². The summed E-state index contributed by atoms with van der Waals surface area (Å²) < 4.78 is 27.9. The molecule has 0 radical (unpaired) electrons. The Hall–Kier alpha value is -6.16. The summed E-state index contributed by atoms with van der Waals surface area (Å²) in [7, 11) is 0. The van der Waals surface area contributed by atoms with Crippen LogP contribution < -0.4 is 18.9 Å². The molecule has 12 bridgehead atoms. The molecule has 4 atom stereocenters. The van der Waals surface area contributed by atoms with E-state index in [-0.39, 0.29) is 0 Å². The second-order valence-electron chi connectivity index (χ2n) is 26.5. The third kappa shape index (κ3) is 15.3. The Morgan fingerprint density at radius 1 is 0.280 bits per heavy atom. The number of ether oxygens (including phenoxy) is 4. The van der Waals surface area contributed by atoms with Gasteiger partial charge in [0.25, 0.3) is 0 Å². The first kappa shape index (κ1) is 60.4. The molecule has 0 amide bonds. The minimum atomic E-state index is 0.544. The Balaban J connectivity index is 1.18. The van der Waals surface area contributed by atoms with Crippen LogP contribution in [-0.2, 0) is 0 Å². The summed E-state index contributed by atoms with van der Waals surface area (Å²) >= 11 is 0. The summed E-state index contributed by atoms with van der Waals surface area (Å²) in [5.41, 5.74) is 9.77. The number of nitrogens with one attached hydrogen (secondary N) is 2. The van der Waals surface area contributed by atoms with E-state index >= 15 is 0 Å². The fourth-order valence-corrected chi connectivity index (χ4v) is 11.9. The van der Waals surface area contributed by atoms with Gasteiger partial charge in [-0.3, -0.25) is 0 Å². The average Bonchev–Trinajstić information content (AvgIpc) is 2.04. The van der Waals surface area contributed by atoms with Crippen LogP contribution in [0.3, 0.4) is 0 Å². The van der Waals surface area contributed by atoms with Crippen LogP contribution in [-0.4, -0.2) is 56.3 Å². The lowest BCUT2D eigenvalue weighted by molar-refractivity contribution is 0.241. The van der Waals surface area contributed by atoms with Crippen molar-refractivity contribution >= 4 is 87.7 Å². The molecule has 0 fully saturated rings. The van der Waals surface area contributed by atoms with E-state index in [1.165, 1.54) is 77.0 Å². The van der Waals surface area contributed by atoms with Crippen molar-refractivity contribution in [3.63, 3.8) is 0 Å². The smallest absolute Gasteiger partial charge is 0.171 e. The molecule has 0 saturated carbocycles. The predicted molar refractivity (Wildman–Crippen MR) is 347 cm³/mol. The summed E-state index contributed by atoms with van der Waals surface area (Å²) in [4.78, 5) is 29.5. The SMILES string of the molecule is CC(C)CCCC(C)CCOc1c(OCCC(C)CCCC(C)C)c2ccc3nc2c2nc(ccc12)c1ccc([nH]1)c1ccc2c(OCCC(C)CCCC(C)C)c(OCCC(C)CCCC(C)C)c4ccc(nc4c2n1)c1ccc3[nH]1. The number of benzene rings is 2. The van der Waals surface area contributed by atoms with Gasteiger partial charge in [-0.15, -0.1) is 0 Å². The first-order valence-corrected chi connectivity index (χ1v) is 32.1. The van der Waals surface area contributed by atoms with Crippen molar-refractivity contribution in [2.45, 2.75) is 186 Å². The van der Waals surface area contributed by atoms with Gasteiger partial charge in [0, 0.05) is 21.5 Å². The second-order valence-corrected chi connectivity index (χ2v) is 26.5. The van der Waals surface area contributed by atoms with Crippen LogP contribution in [0.1, 0.15) is 186 Å². The normalized spacial score (nSPS) is 13.9. The van der Waals surface area contributed by atoms with Crippen LogP contribution in [0.25, 0.3) is 87.7 Å². The topological polar surface area (TPSA) is 120 Å². The Morgan fingerprint density at radius 2 is 0.500 bits per heavy atom. The zero-order valence-electron chi connectivity index (χ0n) is 52.1. The molecule has 0 aliphatic rings. The third-order valence-electron chi connectivity index (χ3n) is 17.2. The van der Waals surface area contributed by atoms with Crippen LogP contribution in [0, 0.1) is 47.3 Å². The molecule has 0 spiro atoms. The minimum absolute atomic E-state index is 0.544. The van der Waals surface area contributed by atoms with Gasteiger partial charge in [0.1, 0.15) is 22.1 Å². The van der Waals surface area contributed by atoms with Gasteiger partial charge in [-0.1, -0.05) is 160 Å². The fraction of sp³-hybridized carbons (Fsp3) is 0.556. The maximum atomic E-state index is 6.98. The van der Waals surface area contributed by atoms with Crippen LogP contribution >= 0.6 is 0 Å². The Labute approximate surface area is 489 Å². The summed E-state index contributed by atoms with van der Waals surface area (Å²) in [6, 6.07) is 25.4. The molecule has 7 aromatic heterocycles. The molecule has 10 heteroatoms. The quantitative estimate of drug-likeness (QED) is 0.0400. The fourth-order valence-electron chi connectivity index (χ4n) is 11.9. The lowest BCUT2D eigenvalue weighted by atomic mass is 9.97. The molecule has 7 heterocycles.